The van der Waals surface area contributed by atoms with Gasteiger partial charge in [0.2, 0.25) is 0 Å². The smallest absolute Gasteiger partial charge is 0.158 e. The van der Waals surface area contributed by atoms with Crippen molar-refractivity contribution in [2.24, 2.45) is 0 Å². The Kier molecular flexibility index (Phi) is 2.90. The average molecular weight is 142 g/mol. The highest BCUT2D eigenvalue weighted by Crippen LogP contribution is 2.13. The van der Waals surface area contributed by atoms with Crippen LogP contribution in [-0.4, -0.2) is 19.5 Å². The van der Waals surface area contributed by atoms with Crippen LogP contribution in [0.1, 0.15) is 19.8 Å². The van der Waals surface area contributed by atoms with Crippen LogP contribution in [0.4, 0.5) is 0 Å². The van der Waals surface area contributed by atoms with Crippen molar-refractivity contribution in [3.05, 3.63) is 12.2 Å². The maximum Gasteiger partial charge on any atom is 0.158 e. The lowest BCUT2D eigenvalue weighted by Gasteiger charge is -2.09. The highest BCUT2D eigenvalue weighted by atomic mass is 16.7. The Hall–Kier alpha value is -0.340. The summed E-state index contributed by atoms with van der Waals surface area (Å²) in [7, 11) is 0. The Balaban J connectivity index is 2.07. The summed E-state index contributed by atoms with van der Waals surface area (Å²) in [6, 6.07) is 0. The Morgan fingerprint density at radius 2 is 2.60 bits per heavy atom. The van der Waals surface area contributed by atoms with Gasteiger partial charge in [-0.15, -0.1) is 0 Å². The minimum atomic E-state index is 0.0386. The van der Waals surface area contributed by atoms with E-state index in [9.17, 15) is 0 Å². The van der Waals surface area contributed by atoms with Gasteiger partial charge < -0.3 is 9.47 Å². The highest BCUT2D eigenvalue weighted by molar-refractivity contribution is 4.87. The second kappa shape index (κ2) is 3.74. The topological polar surface area (TPSA) is 18.5 Å². The molecule has 0 spiro atoms. The molecule has 0 bridgehead atoms. The first kappa shape index (κ1) is 7.76. The molecule has 1 rings (SSSR count). The van der Waals surface area contributed by atoms with Crippen molar-refractivity contribution in [2.75, 3.05) is 13.2 Å². The first-order valence-electron chi connectivity index (χ1n) is 3.66. The molecule has 1 fully saturated rings. The largest absolute Gasteiger partial charge is 0.353 e. The fourth-order valence-electron chi connectivity index (χ4n) is 0.915. The molecule has 1 aliphatic heterocycles. The predicted octanol–water partition coefficient (Wildman–Crippen LogP) is 1.72. The van der Waals surface area contributed by atoms with E-state index in [0.717, 1.165) is 25.0 Å². The van der Waals surface area contributed by atoms with E-state index in [0.29, 0.717) is 6.61 Å². The van der Waals surface area contributed by atoms with Gasteiger partial charge >= 0.3 is 0 Å². The van der Waals surface area contributed by atoms with Gasteiger partial charge in [0.25, 0.3) is 0 Å². The van der Waals surface area contributed by atoms with Crippen LogP contribution in [0.5, 0.6) is 0 Å². The van der Waals surface area contributed by atoms with Crippen LogP contribution >= 0.6 is 0 Å². The summed E-state index contributed by atoms with van der Waals surface area (Å²) in [6.07, 6.45) is 2.20. The first-order valence-corrected chi connectivity index (χ1v) is 3.66. The normalized spacial score (nSPS) is 25.1. The van der Waals surface area contributed by atoms with Gasteiger partial charge in [0, 0.05) is 13.0 Å². The third-order valence-electron chi connectivity index (χ3n) is 1.40. The van der Waals surface area contributed by atoms with Crippen molar-refractivity contribution >= 4 is 0 Å². The van der Waals surface area contributed by atoms with Gasteiger partial charge in [-0.25, -0.2) is 0 Å². The van der Waals surface area contributed by atoms with Crippen molar-refractivity contribution in [3.63, 3.8) is 0 Å². The maximum atomic E-state index is 5.34. The van der Waals surface area contributed by atoms with Crippen molar-refractivity contribution in [1.82, 2.24) is 0 Å². The zero-order valence-electron chi connectivity index (χ0n) is 6.43. The molecule has 2 nitrogen and oxygen atoms in total. The second-order valence-electron chi connectivity index (χ2n) is 2.71. The molecule has 0 amide bonds. The molecule has 0 aromatic carbocycles. The van der Waals surface area contributed by atoms with Crippen LogP contribution in [0.25, 0.3) is 0 Å². The highest BCUT2D eigenvalue weighted by Gasteiger charge is 2.14. The van der Waals surface area contributed by atoms with Gasteiger partial charge in [0.1, 0.15) is 0 Å². The van der Waals surface area contributed by atoms with Crippen LogP contribution in [0.3, 0.4) is 0 Å². The van der Waals surface area contributed by atoms with E-state index in [1.165, 1.54) is 0 Å². The maximum absolute atomic E-state index is 5.34. The molecule has 1 saturated heterocycles. The molecule has 0 saturated carbocycles. The van der Waals surface area contributed by atoms with Crippen LogP contribution < -0.4 is 0 Å². The lowest BCUT2D eigenvalue weighted by Crippen LogP contribution is -2.11. The third kappa shape index (κ3) is 2.50. The molecule has 1 aliphatic rings. The standard InChI is InChI=1S/C8H14O2/c1-7(2)6-10-8-4-3-5-9-8/h8H,1,3-6H2,2H3. The van der Waals surface area contributed by atoms with Crippen LogP contribution in [0.2, 0.25) is 0 Å². The van der Waals surface area contributed by atoms with Gasteiger partial charge in [0.15, 0.2) is 6.29 Å². The molecular weight excluding hydrogens is 128 g/mol. The summed E-state index contributed by atoms with van der Waals surface area (Å²) < 4.78 is 10.6. The molecule has 0 aliphatic carbocycles. The third-order valence-corrected chi connectivity index (χ3v) is 1.40. The molecule has 0 aromatic rings. The predicted molar refractivity (Wildman–Crippen MR) is 39.7 cm³/mol. The monoisotopic (exact) mass is 142 g/mol. The van der Waals surface area contributed by atoms with Gasteiger partial charge in [-0.3, -0.25) is 0 Å². The first-order chi connectivity index (χ1) is 4.79. The fraction of sp³-hybridized carbons (Fsp3) is 0.750. The molecular formula is C8H14O2. The van der Waals surface area contributed by atoms with Gasteiger partial charge in [-0.2, -0.15) is 0 Å². The van der Waals surface area contributed by atoms with Crippen LogP contribution in [0, 0.1) is 0 Å². The van der Waals surface area contributed by atoms with Crippen molar-refractivity contribution < 1.29 is 9.47 Å². The molecule has 1 unspecified atom stereocenters. The number of ether oxygens (including phenoxy) is 2. The fourth-order valence-corrected chi connectivity index (χ4v) is 0.915. The minimum absolute atomic E-state index is 0.0386. The van der Waals surface area contributed by atoms with E-state index >= 15 is 0 Å². The van der Waals surface area contributed by atoms with Crippen molar-refractivity contribution in [1.29, 1.82) is 0 Å². The molecule has 0 aromatic heterocycles. The molecule has 58 valence electrons. The number of rotatable bonds is 3. The second-order valence-corrected chi connectivity index (χ2v) is 2.71. The molecule has 1 atom stereocenters. The summed E-state index contributed by atoms with van der Waals surface area (Å²) >= 11 is 0. The summed E-state index contributed by atoms with van der Waals surface area (Å²) in [4.78, 5) is 0. The lowest BCUT2D eigenvalue weighted by molar-refractivity contribution is -0.103. The van der Waals surface area contributed by atoms with E-state index in [-0.39, 0.29) is 6.29 Å². The van der Waals surface area contributed by atoms with Gasteiger partial charge in [0.05, 0.1) is 6.61 Å². The van der Waals surface area contributed by atoms with Gasteiger partial charge in [-0.1, -0.05) is 12.2 Å². The molecule has 10 heavy (non-hydrogen) atoms. The summed E-state index contributed by atoms with van der Waals surface area (Å²) in [5.74, 6) is 0. The number of hydrogen-bond acceptors (Lipinski definition) is 2. The van der Waals surface area contributed by atoms with Crippen molar-refractivity contribution in [3.8, 4) is 0 Å². The average Bonchev–Trinajstić information content (AvgIpc) is 2.34. The summed E-state index contributed by atoms with van der Waals surface area (Å²) in [5, 5.41) is 0. The quantitative estimate of drug-likeness (QED) is 0.558. The van der Waals surface area contributed by atoms with E-state index in [4.69, 9.17) is 9.47 Å². The molecule has 2 heteroatoms. The Bertz CT molecular complexity index is 114. The van der Waals surface area contributed by atoms with Crippen LogP contribution in [-0.2, 0) is 9.47 Å². The Labute approximate surface area is 61.8 Å². The van der Waals surface area contributed by atoms with Gasteiger partial charge in [-0.05, 0) is 13.3 Å². The minimum Gasteiger partial charge on any atom is -0.353 e. The molecule has 0 radical (unpaired) electrons. The van der Waals surface area contributed by atoms with E-state index in [2.05, 4.69) is 6.58 Å². The zero-order chi connectivity index (χ0) is 7.40. The molecule has 1 heterocycles. The Morgan fingerprint density at radius 3 is 3.10 bits per heavy atom. The van der Waals surface area contributed by atoms with Crippen LogP contribution in [0.15, 0.2) is 12.2 Å². The Morgan fingerprint density at radius 1 is 1.80 bits per heavy atom. The van der Waals surface area contributed by atoms with E-state index in [1.54, 1.807) is 0 Å². The summed E-state index contributed by atoms with van der Waals surface area (Å²) in [5.41, 5.74) is 1.05. The SMILES string of the molecule is C=C(C)COC1CCCO1. The van der Waals surface area contributed by atoms with E-state index in [1.807, 2.05) is 6.92 Å². The molecule has 0 N–H and O–H groups in total. The summed E-state index contributed by atoms with van der Waals surface area (Å²) in [6.45, 7) is 7.17. The lowest BCUT2D eigenvalue weighted by atomic mass is 10.3. The zero-order valence-corrected chi connectivity index (χ0v) is 6.43. The van der Waals surface area contributed by atoms with Crippen molar-refractivity contribution in [2.45, 2.75) is 26.1 Å². The number of hydrogen-bond donors (Lipinski definition) is 0. The van der Waals surface area contributed by atoms with E-state index < -0.39 is 0 Å².